The number of aryl methyl sites for hydroxylation is 1. The van der Waals surface area contributed by atoms with Crippen LogP contribution >= 0.6 is 0 Å². The monoisotopic (exact) mass is 732 g/mol. The number of H-pyrrole nitrogens is 1. The number of aromatic amines is 1. The maximum atomic E-state index is 16.6. The molecule has 284 valence electrons. The van der Waals surface area contributed by atoms with E-state index in [4.69, 9.17) is 19.2 Å². The number of carbonyl (C=O) groups is 1. The molecule has 2 aliphatic carbocycles. The summed E-state index contributed by atoms with van der Waals surface area (Å²) in [6, 6.07) is 23.8. The Kier molecular flexibility index (Phi) is 10.6. The van der Waals surface area contributed by atoms with Crippen LogP contribution in [0.15, 0.2) is 72.8 Å². The normalized spacial score (nSPS) is 21.4. The molecule has 1 heterocycles. The standard InChI is InChI=1S/C46H53FN2O5/c1-7-53-23-20-38(44(50)51)54-32-16-17-33(39(25-32)52-6)43-48-37-26-36(47)41(29-12-9-8-10-13-29)34(42(37)49-43)27-45(4)21-11-22-46(5)35-18-14-30(28(2)3)24-31(35)15-19-40(45)46/h8-10,12-14,16-18,24-26,28,38,40H,7,11,15,19-23,27H2,1-6H3,(H,48,49)(H,50,51)/t38?,40-,45+,46+/m0/s1. The average Bonchev–Trinajstić information content (AvgIpc) is 3.58. The maximum absolute atomic E-state index is 16.6. The van der Waals surface area contributed by atoms with Gasteiger partial charge in [0.1, 0.15) is 23.1 Å². The molecule has 7 nitrogen and oxygen atoms in total. The lowest BCUT2D eigenvalue weighted by molar-refractivity contribution is -0.146. The van der Waals surface area contributed by atoms with Gasteiger partial charge in [-0.15, -0.1) is 0 Å². The number of ether oxygens (including phenoxy) is 3. The fourth-order valence-electron chi connectivity index (χ4n) is 9.69. The van der Waals surface area contributed by atoms with E-state index in [0.717, 1.165) is 48.7 Å². The van der Waals surface area contributed by atoms with Crippen LogP contribution in [0.3, 0.4) is 0 Å². The van der Waals surface area contributed by atoms with Crippen molar-refractivity contribution in [2.75, 3.05) is 20.3 Å². The molecule has 4 aromatic carbocycles. The summed E-state index contributed by atoms with van der Waals surface area (Å²) < 4.78 is 33.6. The number of carboxylic acids is 1. The van der Waals surface area contributed by atoms with E-state index < -0.39 is 12.1 Å². The van der Waals surface area contributed by atoms with Crippen molar-refractivity contribution in [3.8, 4) is 34.0 Å². The summed E-state index contributed by atoms with van der Waals surface area (Å²) in [5, 5.41) is 9.75. The zero-order valence-corrected chi connectivity index (χ0v) is 32.4. The predicted molar refractivity (Wildman–Crippen MR) is 212 cm³/mol. The molecule has 2 N–H and O–H groups in total. The van der Waals surface area contributed by atoms with Crippen LogP contribution in [0.2, 0.25) is 0 Å². The van der Waals surface area contributed by atoms with E-state index in [-0.39, 0.29) is 29.7 Å². The van der Waals surface area contributed by atoms with Crippen molar-refractivity contribution < 1.29 is 28.5 Å². The SMILES string of the molecule is CCOCCC(Oc1ccc(-c2nc3c(C[C@@]4(C)CCC[C@]5(C)c6ccc(C(C)C)cc6CC[C@@H]45)c(-c4ccccc4)c(F)cc3[nH]2)c(OC)c1)C(=O)O. The Bertz CT molecular complexity index is 2140. The zero-order valence-electron chi connectivity index (χ0n) is 32.4. The van der Waals surface area contributed by atoms with E-state index in [1.807, 2.05) is 37.3 Å². The van der Waals surface area contributed by atoms with Gasteiger partial charge in [-0.1, -0.05) is 82.6 Å². The molecule has 4 atom stereocenters. The summed E-state index contributed by atoms with van der Waals surface area (Å²) >= 11 is 0. The van der Waals surface area contributed by atoms with Gasteiger partial charge in [-0.2, -0.15) is 0 Å². The molecule has 8 heteroatoms. The highest BCUT2D eigenvalue weighted by Crippen LogP contribution is 2.59. The molecule has 1 saturated carbocycles. The molecule has 2 aliphatic rings. The molecule has 1 fully saturated rings. The third-order valence-corrected chi connectivity index (χ3v) is 12.4. The van der Waals surface area contributed by atoms with Crippen molar-refractivity contribution in [1.82, 2.24) is 9.97 Å². The first-order valence-electron chi connectivity index (χ1n) is 19.5. The molecule has 0 aliphatic heterocycles. The van der Waals surface area contributed by atoms with Gasteiger partial charge in [-0.3, -0.25) is 0 Å². The van der Waals surface area contributed by atoms with Gasteiger partial charge in [-0.25, -0.2) is 14.2 Å². The highest BCUT2D eigenvalue weighted by molar-refractivity contribution is 5.90. The predicted octanol–water partition coefficient (Wildman–Crippen LogP) is 10.7. The topological polar surface area (TPSA) is 93.7 Å². The summed E-state index contributed by atoms with van der Waals surface area (Å²) in [6.07, 6.45) is 5.31. The molecule has 5 aromatic rings. The third-order valence-electron chi connectivity index (χ3n) is 12.4. The van der Waals surface area contributed by atoms with Gasteiger partial charge in [0, 0.05) is 30.7 Å². The summed E-state index contributed by atoms with van der Waals surface area (Å²) in [5.74, 6) is 0.930. The van der Waals surface area contributed by atoms with Gasteiger partial charge in [0.25, 0.3) is 0 Å². The van der Waals surface area contributed by atoms with Crippen LogP contribution in [0.5, 0.6) is 11.5 Å². The van der Waals surface area contributed by atoms with Crippen molar-refractivity contribution in [2.24, 2.45) is 11.3 Å². The molecule has 54 heavy (non-hydrogen) atoms. The van der Waals surface area contributed by atoms with Crippen LogP contribution in [0.1, 0.15) is 94.9 Å². The van der Waals surface area contributed by atoms with Crippen LogP contribution in [-0.4, -0.2) is 47.5 Å². The van der Waals surface area contributed by atoms with Crippen LogP contribution in [0.25, 0.3) is 33.5 Å². The number of hydrogen-bond acceptors (Lipinski definition) is 5. The van der Waals surface area contributed by atoms with E-state index in [9.17, 15) is 9.90 Å². The second kappa shape index (κ2) is 15.2. The van der Waals surface area contributed by atoms with Crippen molar-refractivity contribution in [1.29, 1.82) is 0 Å². The Morgan fingerprint density at radius 1 is 1.06 bits per heavy atom. The maximum Gasteiger partial charge on any atom is 0.344 e. The minimum absolute atomic E-state index is 0.0338. The van der Waals surface area contributed by atoms with E-state index in [0.29, 0.717) is 58.8 Å². The van der Waals surface area contributed by atoms with Crippen LogP contribution in [0, 0.1) is 17.2 Å². The second-order valence-corrected chi connectivity index (χ2v) is 16.1. The second-order valence-electron chi connectivity index (χ2n) is 16.1. The van der Waals surface area contributed by atoms with Gasteiger partial charge >= 0.3 is 5.97 Å². The number of rotatable bonds is 13. The molecular weight excluding hydrogens is 680 g/mol. The van der Waals surface area contributed by atoms with Crippen molar-refractivity contribution in [3.63, 3.8) is 0 Å². The molecule has 0 amide bonds. The van der Waals surface area contributed by atoms with Crippen molar-refractivity contribution in [2.45, 2.75) is 97.0 Å². The number of halogens is 1. The van der Waals surface area contributed by atoms with Gasteiger partial charge in [0.2, 0.25) is 0 Å². The average molecular weight is 733 g/mol. The molecular formula is C46H53FN2O5. The Hall–Kier alpha value is -4.69. The lowest BCUT2D eigenvalue weighted by Gasteiger charge is -2.56. The minimum atomic E-state index is -1.07. The number of nitrogens with one attached hydrogen (secondary N) is 1. The third kappa shape index (κ3) is 7.01. The first kappa shape index (κ1) is 37.6. The summed E-state index contributed by atoms with van der Waals surface area (Å²) in [4.78, 5) is 20.6. The lowest BCUT2D eigenvalue weighted by atomic mass is 9.48. The van der Waals surface area contributed by atoms with Crippen molar-refractivity contribution >= 4 is 17.0 Å². The molecule has 0 saturated heterocycles. The lowest BCUT2D eigenvalue weighted by Crippen LogP contribution is -2.50. The number of imidazole rings is 1. The van der Waals surface area contributed by atoms with Crippen LogP contribution in [0.4, 0.5) is 4.39 Å². The Labute approximate surface area is 318 Å². The van der Waals surface area contributed by atoms with Gasteiger partial charge < -0.3 is 24.3 Å². The number of aliphatic carboxylic acids is 1. The summed E-state index contributed by atoms with van der Waals surface area (Å²) in [5.41, 5.74) is 8.73. The number of benzene rings is 4. The summed E-state index contributed by atoms with van der Waals surface area (Å²) in [6.45, 7) is 12.1. The van der Waals surface area contributed by atoms with Gasteiger partial charge in [-0.05, 0) is 102 Å². The number of nitrogens with zero attached hydrogens (tertiary/aromatic N) is 1. The number of aromatic nitrogens is 2. The highest BCUT2D eigenvalue weighted by atomic mass is 19.1. The smallest absolute Gasteiger partial charge is 0.344 e. The van der Waals surface area contributed by atoms with E-state index in [1.165, 1.54) is 16.7 Å². The number of hydrogen-bond donors (Lipinski definition) is 2. The van der Waals surface area contributed by atoms with E-state index in [1.54, 1.807) is 31.4 Å². The number of methoxy groups -OCH3 is 1. The molecule has 0 spiro atoms. The Morgan fingerprint density at radius 3 is 2.57 bits per heavy atom. The van der Waals surface area contributed by atoms with E-state index >= 15 is 4.39 Å². The molecule has 0 bridgehead atoms. The molecule has 1 aromatic heterocycles. The van der Waals surface area contributed by atoms with Crippen LogP contribution < -0.4 is 9.47 Å². The number of carboxylic acid groups (broad SMARTS) is 1. The first-order valence-corrected chi connectivity index (χ1v) is 19.5. The van der Waals surface area contributed by atoms with Gasteiger partial charge in [0.05, 0.1) is 30.3 Å². The fourth-order valence-corrected chi connectivity index (χ4v) is 9.69. The number of fused-ring (bicyclic) bond motifs is 4. The molecule has 1 unspecified atom stereocenters. The molecule has 7 rings (SSSR count). The fraction of sp³-hybridized carbons (Fsp3) is 0.435. The highest BCUT2D eigenvalue weighted by Gasteiger charge is 2.52. The van der Waals surface area contributed by atoms with E-state index in [2.05, 4.69) is 50.9 Å². The van der Waals surface area contributed by atoms with Crippen LogP contribution in [-0.2, 0) is 27.8 Å². The zero-order chi connectivity index (χ0) is 38.2. The summed E-state index contributed by atoms with van der Waals surface area (Å²) in [7, 11) is 1.56. The first-order chi connectivity index (χ1) is 26.0. The minimum Gasteiger partial charge on any atom is -0.496 e. The van der Waals surface area contributed by atoms with Gasteiger partial charge in [0.15, 0.2) is 6.10 Å². The quantitative estimate of drug-likeness (QED) is 0.117. The van der Waals surface area contributed by atoms with Crippen molar-refractivity contribution in [3.05, 3.63) is 101 Å². The molecule has 0 radical (unpaired) electrons. The Morgan fingerprint density at radius 2 is 1.85 bits per heavy atom. The largest absolute Gasteiger partial charge is 0.496 e. The Balaban J connectivity index is 1.29.